The van der Waals surface area contributed by atoms with Gasteiger partial charge in [-0.3, -0.25) is 13.8 Å². The highest BCUT2D eigenvalue weighted by Gasteiger charge is 2.27. The van der Waals surface area contributed by atoms with Crippen molar-refractivity contribution in [3.05, 3.63) is 48.6 Å². The number of carbonyl (C=O) groups is 1. The molecule has 0 spiro atoms. The number of amides is 1. The van der Waals surface area contributed by atoms with Gasteiger partial charge >= 0.3 is 7.82 Å². The first-order valence-corrected chi connectivity index (χ1v) is 21.3. The maximum atomic E-state index is 12.7. The first-order chi connectivity index (χ1) is 24.3. The largest absolute Gasteiger partial charge is 0.472 e. The first kappa shape index (κ1) is 48.4. The van der Waals surface area contributed by atoms with Gasteiger partial charge in [0, 0.05) is 6.54 Å². The summed E-state index contributed by atoms with van der Waals surface area (Å²) in [7, 11) is -4.40. The van der Waals surface area contributed by atoms with Crippen molar-refractivity contribution in [3.63, 3.8) is 0 Å². The average Bonchev–Trinajstić information content (AvgIpc) is 3.09. The third-order valence-electron chi connectivity index (χ3n) is 8.41. The minimum atomic E-state index is -4.40. The summed E-state index contributed by atoms with van der Waals surface area (Å²) in [5.74, 6) is -0.471. The van der Waals surface area contributed by atoms with E-state index < -0.39 is 38.6 Å². The molecule has 0 aliphatic rings. The van der Waals surface area contributed by atoms with E-state index >= 15 is 0 Å². The van der Waals surface area contributed by atoms with Gasteiger partial charge in [0.15, 0.2) is 0 Å². The second-order valence-electron chi connectivity index (χ2n) is 13.3. The number of hydrogen-bond acceptors (Lipinski definition) is 7. The average molecular weight is 727 g/mol. The third kappa shape index (κ3) is 33.6. The molecule has 4 atom stereocenters. The Balaban J connectivity index is 4.20. The quantitative estimate of drug-likeness (QED) is 0.0243. The molecule has 0 aliphatic heterocycles. The fourth-order valence-electron chi connectivity index (χ4n) is 5.40. The molecule has 9 nitrogen and oxygen atoms in total. The highest BCUT2D eigenvalue weighted by Crippen LogP contribution is 2.43. The number of carbonyl (C=O) groups excluding carboxylic acids is 1. The van der Waals surface area contributed by atoms with Crippen molar-refractivity contribution in [2.75, 3.05) is 19.8 Å². The number of phosphoric ester groups is 1. The van der Waals surface area contributed by atoms with Gasteiger partial charge in [-0.15, -0.1) is 0 Å². The lowest BCUT2D eigenvalue weighted by atomic mass is 10.0. The van der Waals surface area contributed by atoms with Gasteiger partial charge in [-0.2, -0.15) is 0 Å². The summed E-state index contributed by atoms with van der Waals surface area (Å²) in [5, 5.41) is 23.8. The van der Waals surface area contributed by atoms with Gasteiger partial charge in [-0.05, 0) is 57.8 Å². The Morgan fingerprint density at radius 2 is 1.24 bits per heavy atom. The SMILES string of the molecule is CCC/C=C/CC/C=C/C(O)C(COP(=O)(O)OCCN)NC(=O)CC(O)CCCCCCC/C=C\C/C=C\CCCCCCCCCCC. The number of unbranched alkanes of at least 4 members (excludes halogenated alkanes) is 16. The normalized spacial score (nSPS) is 15.4. The second kappa shape index (κ2) is 35.8. The van der Waals surface area contributed by atoms with Crippen molar-refractivity contribution in [2.24, 2.45) is 5.73 Å². The van der Waals surface area contributed by atoms with Gasteiger partial charge in [-0.25, -0.2) is 4.57 Å². The van der Waals surface area contributed by atoms with Crippen molar-refractivity contribution < 1.29 is 33.5 Å². The highest BCUT2D eigenvalue weighted by molar-refractivity contribution is 7.47. The molecule has 0 rings (SSSR count). The molecule has 0 aromatic rings. The predicted molar refractivity (Wildman–Crippen MR) is 209 cm³/mol. The lowest BCUT2D eigenvalue weighted by molar-refractivity contribution is -0.124. The minimum Gasteiger partial charge on any atom is -0.393 e. The second-order valence-corrected chi connectivity index (χ2v) is 14.8. The summed E-state index contributed by atoms with van der Waals surface area (Å²) in [4.78, 5) is 22.6. The van der Waals surface area contributed by atoms with Crippen LogP contribution in [0.3, 0.4) is 0 Å². The lowest BCUT2D eigenvalue weighted by Gasteiger charge is -2.24. The molecule has 4 unspecified atom stereocenters. The van der Waals surface area contributed by atoms with Crippen molar-refractivity contribution >= 4 is 13.7 Å². The van der Waals surface area contributed by atoms with E-state index in [1.807, 2.05) is 0 Å². The van der Waals surface area contributed by atoms with E-state index in [0.717, 1.165) is 64.2 Å². The molecular formula is C40H75N2O7P. The van der Waals surface area contributed by atoms with Gasteiger partial charge < -0.3 is 26.2 Å². The summed E-state index contributed by atoms with van der Waals surface area (Å²) < 4.78 is 21.9. The van der Waals surface area contributed by atoms with Gasteiger partial charge in [0.05, 0.1) is 37.9 Å². The van der Waals surface area contributed by atoms with E-state index in [0.29, 0.717) is 12.8 Å². The summed E-state index contributed by atoms with van der Waals surface area (Å²) in [6.45, 7) is 3.80. The van der Waals surface area contributed by atoms with E-state index in [9.17, 15) is 24.5 Å². The summed E-state index contributed by atoms with van der Waals surface area (Å²) in [6, 6.07) is -1.00. The van der Waals surface area contributed by atoms with Crippen LogP contribution in [0.4, 0.5) is 0 Å². The molecule has 1 amide bonds. The minimum absolute atomic E-state index is 0.0406. The van der Waals surface area contributed by atoms with E-state index in [-0.39, 0.29) is 19.6 Å². The number of aliphatic hydroxyl groups excluding tert-OH is 2. The van der Waals surface area contributed by atoms with Gasteiger partial charge in [0.25, 0.3) is 0 Å². The first-order valence-electron chi connectivity index (χ1n) is 19.8. The molecule has 292 valence electrons. The predicted octanol–water partition coefficient (Wildman–Crippen LogP) is 9.52. The van der Waals surface area contributed by atoms with Crippen LogP contribution >= 0.6 is 7.82 Å². The molecule has 0 aliphatic carbocycles. The zero-order valence-corrected chi connectivity index (χ0v) is 32.6. The van der Waals surface area contributed by atoms with E-state index in [1.165, 1.54) is 70.3 Å². The molecule has 0 radical (unpaired) electrons. The van der Waals surface area contributed by atoms with E-state index in [2.05, 4.69) is 55.6 Å². The molecule has 6 N–H and O–H groups in total. The van der Waals surface area contributed by atoms with Crippen LogP contribution in [0.25, 0.3) is 0 Å². The van der Waals surface area contributed by atoms with Gasteiger partial charge in [0.2, 0.25) is 5.91 Å². The van der Waals surface area contributed by atoms with Gasteiger partial charge in [0.1, 0.15) is 0 Å². The molecule has 0 bridgehead atoms. The maximum absolute atomic E-state index is 12.7. The number of hydrogen-bond donors (Lipinski definition) is 5. The number of nitrogens with one attached hydrogen (secondary N) is 1. The molecule has 10 heteroatoms. The van der Waals surface area contributed by atoms with Crippen LogP contribution in [0.5, 0.6) is 0 Å². The monoisotopic (exact) mass is 727 g/mol. The fraction of sp³-hybridized carbons (Fsp3) is 0.775. The van der Waals surface area contributed by atoms with Crippen LogP contribution in [-0.4, -0.2) is 59.0 Å². The smallest absolute Gasteiger partial charge is 0.393 e. The number of phosphoric acid groups is 1. The Bertz CT molecular complexity index is 941. The van der Waals surface area contributed by atoms with Crippen LogP contribution in [0.15, 0.2) is 48.6 Å². The van der Waals surface area contributed by atoms with Crippen LogP contribution in [0.2, 0.25) is 0 Å². The zero-order valence-electron chi connectivity index (χ0n) is 31.7. The van der Waals surface area contributed by atoms with Crippen molar-refractivity contribution in [1.29, 1.82) is 0 Å². The number of nitrogens with two attached hydrogens (primary N) is 1. The van der Waals surface area contributed by atoms with E-state index in [4.69, 9.17) is 14.8 Å². The summed E-state index contributed by atoms with van der Waals surface area (Å²) in [5.41, 5.74) is 5.32. The zero-order chi connectivity index (χ0) is 37.0. The molecule has 0 heterocycles. The lowest BCUT2D eigenvalue weighted by Crippen LogP contribution is -2.46. The van der Waals surface area contributed by atoms with Crippen LogP contribution in [-0.2, 0) is 18.4 Å². The number of rotatable bonds is 36. The molecule has 50 heavy (non-hydrogen) atoms. The number of allylic oxidation sites excluding steroid dienone is 7. The Hall–Kier alpha value is -1.58. The summed E-state index contributed by atoms with van der Waals surface area (Å²) >= 11 is 0. The van der Waals surface area contributed by atoms with Crippen molar-refractivity contribution in [2.45, 2.75) is 180 Å². The van der Waals surface area contributed by atoms with Crippen molar-refractivity contribution in [3.8, 4) is 0 Å². The van der Waals surface area contributed by atoms with E-state index in [1.54, 1.807) is 6.08 Å². The van der Waals surface area contributed by atoms with Gasteiger partial charge in [-0.1, -0.05) is 146 Å². The Labute approximate surface area is 305 Å². The Kier molecular flexibility index (Phi) is 34.7. The summed E-state index contributed by atoms with van der Waals surface area (Å²) in [6.07, 6.45) is 39.5. The van der Waals surface area contributed by atoms with Crippen LogP contribution < -0.4 is 11.1 Å². The standard InChI is InChI=1S/C40H75N2O7P/c1-3-5-7-9-11-12-13-14-15-16-17-18-19-20-21-22-23-24-26-27-29-31-37(43)35-40(45)42-38(36-49-50(46,47)48-34-33-41)39(44)32-30-28-25-10-8-6-4-2/h8,10,17-18,20-21,30,32,37-39,43-44H,3-7,9,11-16,19,22-29,31,33-36,41H2,1-2H3,(H,42,45)(H,46,47)/b10-8+,18-17-,21-20-,32-30+. The highest BCUT2D eigenvalue weighted by atomic mass is 31.2. The van der Waals surface area contributed by atoms with Crippen LogP contribution in [0.1, 0.15) is 162 Å². The van der Waals surface area contributed by atoms with Crippen molar-refractivity contribution in [1.82, 2.24) is 5.32 Å². The molecule has 0 aromatic heterocycles. The molecule has 0 saturated carbocycles. The molecule has 0 aromatic carbocycles. The molecular weight excluding hydrogens is 651 g/mol. The maximum Gasteiger partial charge on any atom is 0.472 e. The Morgan fingerprint density at radius 1 is 0.700 bits per heavy atom. The molecule has 0 fully saturated rings. The third-order valence-corrected chi connectivity index (χ3v) is 9.40. The van der Waals surface area contributed by atoms with Crippen LogP contribution in [0, 0.1) is 0 Å². The molecule has 0 saturated heterocycles. The topological polar surface area (TPSA) is 151 Å². The fourth-order valence-corrected chi connectivity index (χ4v) is 6.16. The number of aliphatic hydroxyl groups is 2. The Morgan fingerprint density at radius 3 is 1.84 bits per heavy atom.